The quantitative estimate of drug-likeness (QED) is 0.616. The van der Waals surface area contributed by atoms with Gasteiger partial charge in [-0.15, -0.1) is 5.10 Å². The highest BCUT2D eigenvalue weighted by Gasteiger charge is 2.29. The lowest BCUT2D eigenvalue weighted by atomic mass is 10.1. The molecule has 0 aliphatic heterocycles. The molecular weight excluding hydrogens is 369 g/mol. The van der Waals surface area contributed by atoms with Gasteiger partial charge in [0.15, 0.2) is 0 Å². The molecule has 1 N–H and O–H groups in total. The Kier molecular flexibility index (Phi) is 6.08. The van der Waals surface area contributed by atoms with Crippen LogP contribution in [0.25, 0.3) is 0 Å². The van der Waals surface area contributed by atoms with Crippen LogP contribution < -0.4 is 4.74 Å². The molecule has 0 aliphatic carbocycles. The summed E-state index contributed by atoms with van der Waals surface area (Å²) in [5.41, 5.74) is 2.56. The summed E-state index contributed by atoms with van der Waals surface area (Å²) >= 11 is 0. The summed E-state index contributed by atoms with van der Waals surface area (Å²) in [5.74, 6) is 0.691. The normalized spacial score (nSPS) is 11.9. The Labute approximate surface area is 160 Å². The number of aryl methyl sites for hydroxylation is 2. The molecule has 0 spiro atoms. The van der Waals surface area contributed by atoms with E-state index in [0.29, 0.717) is 24.2 Å². The second-order valence-electron chi connectivity index (χ2n) is 6.15. The number of H-pyrrole nitrogens is 1. The lowest BCUT2D eigenvalue weighted by Gasteiger charge is -2.12. The predicted molar refractivity (Wildman–Crippen MR) is 99.5 cm³/mol. The molecule has 0 radical (unpaired) electrons. The molecule has 0 amide bonds. The van der Waals surface area contributed by atoms with Crippen LogP contribution in [0.4, 0.5) is 13.2 Å². The molecule has 0 aliphatic rings. The number of aliphatic imine (C=N–C) groups is 1. The van der Waals surface area contributed by atoms with Crippen LogP contribution in [0.15, 0.2) is 53.5 Å². The average molecular weight is 388 g/mol. The first-order chi connectivity index (χ1) is 13.5. The van der Waals surface area contributed by atoms with Gasteiger partial charge in [-0.2, -0.15) is 13.2 Å². The van der Waals surface area contributed by atoms with Crippen LogP contribution in [0.3, 0.4) is 0 Å². The summed E-state index contributed by atoms with van der Waals surface area (Å²) in [5, 5.41) is 10.7. The van der Waals surface area contributed by atoms with Crippen LogP contribution in [0.5, 0.6) is 5.75 Å². The van der Waals surface area contributed by atoms with Crippen LogP contribution in [0, 0.1) is 0 Å². The van der Waals surface area contributed by atoms with Crippen molar-refractivity contribution in [2.24, 2.45) is 4.99 Å². The van der Waals surface area contributed by atoms with Gasteiger partial charge in [-0.25, -0.2) is 0 Å². The minimum absolute atomic E-state index is 0.187. The molecule has 3 rings (SSSR count). The number of benzene rings is 2. The van der Waals surface area contributed by atoms with Gasteiger partial charge >= 0.3 is 6.18 Å². The molecule has 8 heteroatoms. The summed E-state index contributed by atoms with van der Waals surface area (Å²) < 4.78 is 43.8. The van der Waals surface area contributed by atoms with Crippen molar-refractivity contribution in [2.45, 2.75) is 25.6 Å². The molecule has 0 saturated carbocycles. The number of alkyl halides is 3. The Morgan fingerprint density at radius 3 is 2.54 bits per heavy atom. The fourth-order valence-electron chi connectivity index (χ4n) is 2.73. The molecule has 0 fully saturated rings. The van der Waals surface area contributed by atoms with Crippen LogP contribution in [-0.4, -0.2) is 28.7 Å². The summed E-state index contributed by atoms with van der Waals surface area (Å²) in [6.07, 6.45) is -1.34. The average Bonchev–Trinajstić information content (AvgIpc) is 3.12. The zero-order valence-corrected chi connectivity index (χ0v) is 15.2. The lowest BCUT2D eigenvalue weighted by molar-refractivity contribution is -0.137. The monoisotopic (exact) mass is 388 g/mol. The molecule has 0 atom stereocenters. The largest absolute Gasteiger partial charge is 0.489 e. The maximum Gasteiger partial charge on any atom is 0.416 e. The fraction of sp³-hybridized carbons (Fsp3) is 0.250. The van der Waals surface area contributed by atoms with Crippen molar-refractivity contribution in [1.82, 2.24) is 15.4 Å². The molecule has 3 aromatic rings. The highest BCUT2D eigenvalue weighted by atomic mass is 19.4. The predicted octanol–water partition coefficient (Wildman–Crippen LogP) is 4.24. The van der Waals surface area contributed by atoms with Crippen molar-refractivity contribution in [3.8, 4) is 5.75 Å². The molecule has 5 nitrogen and oxygen atoms in total. The van der Waals surface area contributed by atoms with E-state index in [2.05, 4.69) is 20.4 Å². The lowest BCUT2D eigenvalue weighted by Crippen LogP contribution is -2.05. The van der Waals surface area contributed by atoms with Crippen molar-refractivity contribution in [3.05, 3.63) is 76.6 Å². The Hall–Kier alpha value is -3.16. The van der Waals surface area contributed by atoms with Crippen molar-refractivity contribution < 1.29 is 17.9 Å². The van der Waals surface area contributed by atoms with E-state index in [1.54, 1.807) is 13.3 Å². The van der Waals surface area contributed by atoms with E-state index >= 15 is 0 Å². The molecular formula is C20H19F3N4O. The topological polar surface area (TPSA) is 63.2 Å². The van der Waals surface area contributed by atoms with Crippen molar-refractivity contribution >= 4 is 6.21 Å². The summed E-state index contributed by atoms with van der Waals surface area (Å²) in [6.45, 7) is 0.187. The number of hydrogen-bond donors (Lipinski definition) is 1. The van der Waals surface area contributed by atoms with Crippen molar-refractivity contribution in [3.63, 3.8) is 0 Å². The standard InChI is InChI=1S/C20H19F3N4O/c1-24-12-18-17(25-27-26-18)11-8-15-4-2-3-5-19(15)28-13-14-6-9-16(10-7-14)20(21,22)23/h2-7,9-10,12H,8,11,13H2,1H3,(H,25,26,27)/b24-12-. The molecule has 2 aromatic carbocycles. The maximum atomic E-state index is 12.7. The molecule has 0 saturated heterocycles. The minimum atomic E-state index is -4.34. The zero-order chi connectivity index (χ0) is 20.0. The number of halogens is 3. The van der Waals surface area contributed by atoms with E-state index in [9.17, 15) is 13.2 Å². The number of aromatic nitrogens is 3. The number of nitrogens with one attached hydrogen (secondary N) is 1. The van der Waals surface area contributed by atoms with Gasteiger partial charge in [-0.1, -0.05) is 35.5 Å². The van der Waals surface area contributed by atoms with E-state index in [0.717, 1.165) is 29.1 Å². The van der Waals surface area contributed by atoms with Gasteiger partial charge in [0.05, 0.1) is 17.0 Å². The molecule has 1 aromatic heterocycles. The summed E-state index contributed by atoms with van der Waals surface area (Å²) in [4.78, 5) is 3.96. The van der Waals surface area contributed by atoms with Crippen LogP contribution in [-0.2, 0) is 25.6 Å². The van der Waals surface area contributed by atoms with Gasteiger partial charge in [-0.3, -0.25) is 10.1 Å². The molecule has 146 valence electrons. The van der Waals surface area contributed by atoms with Gasteiger partial charge in [0, 0.05) is 13.3 Å². The van der Waals surface area contributed by atoms with E-state index < -0.39 is 11.7 Å². The number of nitrogens with zero attached hydrogens (tertiary/aromatic N) is 3. The van der Waals surface area contributed by atoms with Gasteiger partial charge < -0.3 is 4.74 Å². The fourth-order valence-corrected chi connectivity index (χ4v) is 2.73. The third-order valence-corrected chi connectivity index (χ3v) is 4.19. The third-order valence-electron chi connectivity index (χ3n) is 4.19. The third kappa shape index (κ3) is 4.97. The van der Waals surface area contributed by atoms with E-state index in [-0.39, 0.29) is 6.61 Å². The summed E-state index contributed by atoms with van der Waals surface area (Å²) in [6, 6.07) is 12.5. The molecule has 1 heterocycles. The first-order valence-corrected chi connectivity index (χ1v) is 8.66. The number of aromatic amines is 1. The number of rotatable bonds is 7. The van der Waals surface area contributed by atoms with Crippen molar-refractivity contribution in [2.75, 3.05) is 7.05 Å². The van der Waals surface area contributed by atoms with Crippen LogP contribution >= 0.6 is 0 Å². The minimum Gasteiger partial charge on any atom is -0.489 e. The van der Waals surface area contributed by atoms with Gasteiger partial charge in [0.25, 0.3) is 0 Å². The second-order valence-corrected chi connectivity index (χ2v) is 6.15. The molecule has 28 heavy (non-hydrogen) atoms. The Bertz CT molecular complexity index is 933. The number of hydrogen-bond acceptors (Lipinski definition) is 4. The van der Waals surface area contributed by atoms with Crippen molar-refractivity contribution in [1.29, 1.82) is 0 Å². The Morgan fingerprint density at radius 2 is 1.82 bits per heavy atom. The van der Waals surface area contributed by atoms with E-state index in [1.165, 1.54) is 12.1 Å². The first-order valence-electron chi connectivity index (χ1n) is 8.66. The molecule has 0 bridgehead atoms. The number of ether oxygens (including phenoxy) is 1. The van der Waals surface area contributed by atoms with Crippen LogP contribution in [0.1, 0.15) is 28.1 Å². The van der Waals surface area contributed by atoms with Gasteiger partial charge in [0.2, 0.25) is 0 Å². The summed E-state index contributed by atoms with van der Waals surface area (Å²) in [7, 11) is 1.68. The first kappa shape index (κ1) is 19.6. The Morgan fingerprint density at radius 1 is 1.07 bits per heavy atom. The van der Waals surface area contributed by atoms with E-state index in [1.807, 2.05) is 24.3 Å². The number of para-hydroxylation sites is 1. The highest BCUT2D eigenvalue weighted by molar-refractivity contribution is 5.77. The molecule has 0 unspecified atom stereocenters. The maximum absolute atomic E-state index is 12.7. The van der Waals surface area contributed by atoms with E-state index in [4.69, 9.17) is 4.74 Å². The smallest absolute Gasteiger partial charge is 0.416 e. The SMILES string of the molecule is C/N=C\c1[nH]nnc1CCc1ccccc1OCc1ccc(C(F)(F)F)cc1. The van der Waals surface area contributed by atoms with Gasteiger partial charge in [0.1, 0.15) is 12.4 Å². The van der Waals surface area contributed by atoms with Gasteiger partial charge in [-0.05, 0) is 42.2 Å². The zero-order valence-electron chi connectivity index (χ0n) is 15.2. The van der Waals surface area contributed by atoms with Crippen LogP contribution in [0.2, 0.25) is 0 Å². The second kappa shape index (κ2) is 8.69. The Balaban J connectivity index is 1.64. The highest BCUT2D eigenvalue weighted by Crippen LogP contribution is 2.29.